The third kappa shape index (κ3) is 4.43. The molecule has 2 N–H and O–H groups in total. The second kappa shape index (κ2) is 6.89. The lowest BCUT2D eigenvalue weighted by atomic mass is 10.1. The normalized spacial score (nSPS) is 9.71. The minimum absolute atomic E-state index is 0.00317. The maximum absolute atomic E-state index is 11.0. The molecule has 90 valence electrons. The smallest absolute Gasteiger partial charge is 0.221 e. The van der Waals surface area contributed by atoms with E-state index >= 15 is 0 Å². The number of benzene rings is 1. The molecule has 1 aromatic carbocycles. The van der Waals surface area contributed by atoms with E-state index in [1.165, 1.54) is 0 Å². The highest BCUT2D eigenvalue weighted by Crippen LogP contribution is 2.17. The standard InChI is InChI=1S/C12H14ClN3O/c1-15-12(17)4-5-16-8-10-3-2-9(7-14)6-11(10)13/h2-3,6,16H,4-5,8H2,1H3,(H,15,17). The third-order valence-electron chi connectivity index (χ3n) is 2.31. The summed E-state index contributed by atoms with van der Waals surface area (Å²) in [6, 6.07) is 7.20. The monoisotopic (exact) mass is 251 g/mol. The van der Waals surface area contributed by atoms with Gasteiger partial charge in [0.15, 0.2) is 0 Å². The summed E-state index contributed by atoms with van der Waals surface area (Å²) in [4.78, 5) is 11.0. The summed E-state index contributed by atoms with van der Waals surface area (Å²) < 4.78 is 0. The molecule has 0 aliphatic heterocycles. The lowest BCUT2D eigenvalue weighted by molar-refractivity contribution is -0.120. The van der Waals surface area contributed by atoms with Crippen molar-refractivity contribution in [3.8, 4) is 6.07 Å². The lowest BCUT2D eigenvalue weighted by Crippen LogP contribution is -2.24. The Morgan fingerprint density at radius 3 is 2.88 bits per heavy atom. The highest BCUT2D eigenvalue weighted by molar-refractivity contribution is 6.31. The van der Waals surface area contributed by atoms with E-state index in [2.05, 4.69) is 10.6 Å². The number of nitrogens with zero attached hydrogens (tertiary/aromatic N) is 1. The molecule has 0 heterocycles. The molecule has 0 aromatic heterocycles. The van der Waals surface area contributed by atoms with Gasteiger partial charge in [0.25, 0.3) is 0 Å². The van der Waals surface area contributed by atoms with E-state index in [0.717, 1.165) is 5.56 Å². The number of rotatable bonds is 5. The molecule has 0 unspecified atom stereocenters. The summed E-state index contributed by atoms with van der Waals surface area (Å²) in [7, 11) is 1.61. The SMILES string of the molecule is CNC(=O)CCNCc1ccc(C#N)cc1Cl. The summed E-state index contributed by atoms with van der Waals surface area (Å²) in [6.07, 6.45) is 0.435. The van der Waals surface area contributed by atoms with E-state index in [-0.39, 0.29) is 5.91 Å². The van der Waals surface area contributed by atoms with Crippen LogP contribution in [0.15, 0.2) is 18.2 Å². The molecule has 1 amide bonds. The van der Waals surface area contributed by atoms with Crippen molar-refractivity contribution in [3.05, 3.63) is 34.3 Å². The molecular weight excluding hydrogens is 238 g/mol. The first-order valence-corrected chi connectivity index (χ1v) is 5.65. The van der Waals surface area contributed by atoms with Crippen LogP contribution in [0.1, 0.15) is 17.5 Å². The predicted octanol–water partition coefficient (Wildman–Crippen LogP) is 1.44. The van der Waals surface area contributed by atoms with E-state index in [0.29, 0.717) is 30.1 Å². The Kier molecular flexibility index (Phi) is 5.47. The molecule has 0 aliphatic rings. The van der Waals surface area contributed by atoms with E-state index in [4.69, 9.17) is 16.9 Å². The maximum atomic E-state index is 11.0. The van der Waals surface area contributed by atoms with Gasteiger partial charge in [-0.3, -0.25) is 4.79 Å². The third-order valence-corrected chi connectivity index (χ3v) is 2.66. The highest BCUT2D eigenvalue weighted by atomic mass is 35.5. The molecule has 5 heteroatoms. The quantitative estimate of drug-likeness (QED) is 0.779. The molecule has 0 spiro atoms. The van der Waals surface area contributed by atoms with Crippen LogP contribution in [0.3, 0.4) is 0 Å². The number of hydrogen-bond donors (Lipinski definition) is 2. The Bertz CT molecular complexity index is 440. The van der Waals surface area contributed by atoms with Gasteiger partial charge in [-0.1, -0.05) is 17.7 Å². The average molecular weight is 252 g/mol. The van der Waals surface area contributed by atoms with Crippen LogP contribution in [0.5, 0.6) is 0 Å². The highest BCUT2D eigenvalue weighted by Gasteiger charge is 2.02. The fraction of sp³-hybridized carbons (Fsp3) is 0.333. The number of nitriles is 1. The average Bonchev–Trinajstić information content (AvgIpc) is 2.35. The zero-order valence-electron chi connectivity index (χ0n) is 9.59. The second-order valence-electron chi connectivity index (χ2n) is 3.52. The molecule has 0 atom stereocenters. The fourth-order valence-electron chi connectivity index (χ4n) is 1.31. The van der Waals surface area contributed by atoms with Crippen LogP contribution in [0.2, 0.25) is 5.02 Å². The van der Waals surface area contributed by atoms with Crippen molar-refractivity contribution in [1.29, 1.82) is 5.26 Å². The van der Waals surface area contributed by atoms with Crippen LogP contribution in [0.4, 0.5) is 0 Å². The molecule has 0 saturated carbocycles. The summed E-state index contributed by atoms with van der Waals surface area (Å²) >= 11 is 6.01. The van der Waals surface area contributed by atoms with Gasteiger partial charge in [-0.2, -0.15) is 5.26 Å². The molecule has 0 radical (unpaired) electrons. The Balaban J connectivity index is 2.42. The van der Waals surface area contributed by atoms with Crippen LogP contribution in [-0.4, -0.2) is 19.5 Å². The molecule has 0 saturated heterocycles. The van der Waals surface area contributed by atoms with Crippen molar-refractivity contribution in [3.63, 3.8) is 0 Å². The fourth-order valence-corrected chi connectivity index (χ4v) is 1.56. The van der Waals surface area contributed by atoms with Crippen molar-refractivity contribution in [2.24, 2.45) is 0 Å². The number of hydrogen-bond acceptors (Lipinski definition) is 3. The number of nitrogens with one attached hydrogen (secondary N) is 2. The van der Waals surface area contributed by atoms with E-state index in [1.54, 1.807) is 19.2 Å². The Morgan fingerprint density at radius 1 is 1.53 bits per heavy atom. The van der Waals surface area contributed by atoms with Crippen LogP contribution in [0.25, 0.3) is 0 Å². The zero-order valence-corrected chi connectivity index (χ0v) is 10.3. The van der Waals surface area contributed by atoms with Gasteiger partial charge in [-0.25, -0.2) is 0 Å². The molecule has 17 heavy (non-hydrogen) atoms. The van der Waals surface area contributed by atoms with Gasteiger partial charge < -0.3 is 10.6 Å². The molecular formula is C12H14ClN3O. The van der Waals surface area contributed by atoms with Gasteiger partial charge in [-0.05, 0) is 17.7 Å². The Hall–Kier alpha value is -1.57. The minimum Gasteiger partial charge on any atom is -0.359 e. The van der Waals surface area contributed by atoms with Crippen molar-refractivity contribution in [2.45, 2.75) is 13.0 Å². The minimum atomic E-state index is 0.00317. The van der Waals surface area contributed by atoms with Gasteiger partial charge in [0.1, 0.15) is 0 Å². The van der Waals surface area contributed by atoms with Crippen LogP contribution in [0, 0.1) is 11.3 Å². The zero-order chi connectivity index (χ0) is 12.7. The second-order valence-corrected chi connectivity index (χ2v) is 3.93. The van der Waals surface area contributed by atoms with Crippen molar-refractivity contribution < 1.29 is 4.79 Å². The topological polar surface area (TPSA) is 64.9 Å². The van der Waals surface area contributed by atoms with Gasteiger partial charge in [0, 0.05) is 31.6 Å². The molecule has 0 bridgehead atoms. The molecule has 4 nitrogen and oxygen atoms in total. The lowest BCUT2D eigenvalue weighted by Gasteiger charge is -2.06. The number of carbonyl (C=O) groups is 1. The van der Waals surface area contributed by atoms with Gasteiger partial charge >= 0.3 is 0 Å². The molecule has 0 fully saturated rings. The van der Waals surface area contributed by atoms with Gasteiger partial charge in [0.2, 0.25) is 5.91 Å². The molecule has 0 aliphatic carbocycles. The van der Waals surface area contributed by atoms with Crippen molar-refractivity contribution in [2.75, 3.05) is 13.6 Å². The first-order chi connectivity index (χ1) is 8.17. The van der Waals surface area contributed by atoms with Crippen LogP contribution in [-0.2, 0) is 11.3 Å². The summed E-state index contributed by atoms with van der Waals surface area (Å²) in [6.45, 7) is 1.18. The summed E-state index contributed by atoms with van der Waals surface area (Å²) in [5.74, 6) is 0.00317. The summed E-state index contributed by atoms with van der Waals surface area (Å²) in [5.41, 5.74) is 1.46. The van der Waals surface area contributed by atoms with Crippen molar-refractivity contribution in [1.82, 2.24) is 10.6 Å². The van der Waals surface area contributed by atoms with Crippen LogP contribution < -0.4 is 10.6 Å². The number of halogens is 1. The molecule has 1 rings (SSSR count). The van der Waals surface area contributed by atoms with Gasteiger partial charge in [0.05, 0.1) is 11.6 Å². The van der Waals surface area contributed by atoms with Gasteiger partial charge in [-0.15, -0.1) is 0 Å². The first-order valence-electron chi connectivity index (χ1n) is 5.27. The van der Waals surface area contributed by atoms with E-state index in [9.17, 15) is 4.79 Å². The first kappa shape index (κ1) is 13.5. The Labute approximate surface area is 106 Å². The molecule has 1 aromatic rings. The predicted molar refractivity (Wildman–Crippen MR) is 66.6 cm³/mol. The number of carbonyl (C=O) groups excluding carboxylic acids is 1. The van der Waals surface area contributed by atoms with Crippen molar-refractivity contribution >= 4 is 17.5 Å². The maximum Gasteiger partial charge on any atom is 0.221 e. The van der Waals surface area contributed by atoms with Crippen LogP contribution >= 0.6 is 11.6 Å². The number of amides is 1. The van der Waals surface area contributed by atoms with E-state index in [1.807, 2.05) is 12.1 Å². The largest absolute Gasteiger partial charge is 0.359 e. The van der Waals surface area contributed by atoms with E-state index < -0.39 is 0 Å². The Morgan fingerprint density at radius 2 is 2.29 bits per heavy atom. The summed E-state index contributed by atoms with van der Waals surface area (Å²) in [5, 5.41) is 14.9.